The number of aromatic amines is 1. The summed E-state index contributed by atoms with van der Waals surface area (Å²) in [5.74, 6) is -2.06. The number of rotatable bonds is 5. The van der Waals surface area contributed by atoms with Gasteiger partial charge in [-0.2, -0.15) is 0 Å². The van der Waals surface area contributed by atoms with E-state index in [-0.39, 0.29) is 11.6 Å². The second-order valence-corrected chi connectivity index (χ2v) is 6.07. The molecule has 0 radical (unpaired) electrons. The third kappa shape index (κ3) is 4.95. The Balaban J connectivity index is 2.47. The minimum Gasteiger partial charge on any atom is -0.463 e. The maximum absolute atomic E-state index is 12.1. The molecule has 0 bridgehead atoms. The Kier molecular flexibility index (Phi) is 6.39. The Bertz CT molecular complexity index is 862. The molecule has 0 amide bonds. The first-order valence-electron chi connectivity index (χ1n) is 7.74. The van der Waals surface area contributed by atoms with Gasteiger partial charge in [0, 0.05) is 27.0 Å². The normalized spacial score (nSPS) is 24.3. The van der Waals surface area contributed by atoms with E-state index in [0.717, 1.165) is 24.6 Å². The number of ether oxygens (including phenoxy) is 4. The van der Waals surface area contributed by atoms with Crippen LogP contribution in [0.3, 0.4) is 0 Å². The zero-order valence-electron chi connectivity index (χ0n) is 14.6. The summed E-state index contributed by atoms with van der Waals surface area (Å²) in [4.78, 5) is 59.7. The van der Waals surface area contributed by atoms with Crippen LogP contribution < -0.4 is 11.2 Å². The van der Waals surface area contributed by atoms with Crippen molar-refractivity contribution in [2.45, 2.75) is 45.3 Å². The van der Waals surface area contributed by atoms with Crippen LogP contribution in [0.4, 0.5) is 0 Å². The highest BCUT2D eigenvalue weighted by Gasteiger charge is 2.51. The van der Waals surface area contributed by atoms with Crippen LogP contribution in [0.25, 0.3) is 0 Å². The largest absolute Gasteiger partial charge is 0.463 e. The average molecular weight is 405 g/mol. The maximum Gasteiger partial charge on any atom is 0.330 e. The summed E-state index contributed by atoms with van der Waals surface area (Å²) in [6.45, 7) is 3.09. The quantitative estimate of drug-likeness (QED) is 0.508. The van der Waals surface area contributed by atoms with Crippen LogP contribution in [0.1, 0.15) is 27.0 Å². The minimum absolute atomic E-state index is 0.313. The van der Waals surface area contributed by atoms with Gasteiger partial charge < -0.3 is 18.9 Å². The molecule has 1 aromatic heterocycles. The Hall–Kier alpha value is -2.66. The molecule has 2 heterocycles. The van der Waals surface area contributed by atoms with Gasteiger partial charge >= 0.3 is 23.6 Å². The highest BCUT2D eigenvalue weighted by molar-refractivity contribution is 6.30. The molecule has 1 aromatic rings. The molecule has 0 aliphatic carbocycles. The lowest BCUT2D eigenvalue weighted by atomic mass is 10.1. The molecule has 27 heavy (non-hydrogen) atoms. The minimum atomic E-state index is -1.29. The van der Waals surface area contributed by atoms with E-state index in [4.69, 9.17) is 30.5 Å². The summed E-state index contributed by atoms with van der Waals surface area (Å²) in [6, 6.07) is 0. The first-order valence-corrected chi connectivity index (χ1v) is 8.12. The molecular weight excluding hydrogens is 388 g/mol. The van der Waals surface area contributed by atoms with Gasteiger partial charge in [0.1, 0.15) is 17.7 Å². The molecule has 1 aliphatic rings. The van der Waals surface area contributed by atoms with Crippen LogP contribution in [-0.4, -0.2) is 52.4 Å². The molecular formula is C15H17ClN2O9. The van der Waals surface area contributed by atoms with E-state index in [1.54, 1.807) is 0 Å². The van der Waals surface area contributed by atoms with Gasteiger partial charge in [-0.25, -0.2) is 4.79 Å². The van der Waals surface area contributed by atoms with Crippen LogP contribution >= 0.6 is 11.6 Å². The molecule has 12 heteroatoms. The number of carbonyl (C=O) groups excluding carboxylic acids is 3. The predicted molar refractivity (Wildman–Crippen MR) is 88.0 cm³/mol. The lowest BCUT2D eigenvalue weighted by Gasteiger charge is -2.23. The van der Waals surface area contributed by atoms with E-state index < -0.39 is 53.7 Å². The highest BCUT2D eigenvalue weighted by atomic mass is 35.5. The monoisotopic (exact) mass is 404 g/mol. The van der Waals surface area contributed by atoms with E-state index in [1.807, 2.05) is 4.98 Å². The molecule has 1 aliphatic heterocycles. The van der Waals surface area contributed by atoms with Crippen molar-refractivity contribution in [1.29, 1.82) is 0 Å². The van der Waals surface area contributed by atoms with E-state index in [0.29, 0.717) is 0 Å². The molecule has 0 spiro atoms. The van der Waals surface area contributed by atoms with E-state index >= 15 is 0 Å². The van der Waals surface area contributed by atoms with Crippen LogP contribution in [0, 0.1) is 0 Å². The Labute approximate surface area is 157 Å². The fourth-order valence-electron chi connectivity index (χ4n) is 2.57. The second-order valence-electron chi connectivity index (χ2n) is 5.66. The molecule has 1 saturated heterocycles. The molecule has 1 fully saturated rings. The van der Waals surface area contributed by atoms with E-state index in [2.05, 4.69) is 0 Å². The van der Waals surface area contributed by atoms with Crippen molar-refractivity contribution in [3.8, 4) is 0 Å². The fraction of sp³-hybridized carbons (Fsp3) is 0.533. The molecule has 0 saturated carbocycles. The molecule has 1 N–H and O–H groups in total. The van der Waals surface area contributed by atoms with Crippen LogP contribution in [0.5, 0.6) is 0 Å². The zero-order valence-corrected chi connectivity index (χ0v) is 15.3. The summed E-state index contributed by atoms with van der Waals surface area (Å²) in [7, 11) is 0. The number of carbonyl (C=O) groups is 3. The van der Waals surface area contributed by atoms with Crippen molar-refractivity contribution in [3.05, 3.63) is 32.1 Å². The van der Waals surface area contributed by atoms with Crippen molar-refractivity contribution in [2.24, 2.45) is 0 Å². The number of halogens is 1. The number of esters is 3. The van der Waals surface area contributed by atoms with Gasteiger partial charge in [-0.15, -0.1) is 0 Å². The summed E-state index contributed by atoms with van der Waals surface area (Å²) in [5, 5.41) is -0.313. The Morgan fingerprint density at radius 3 is 2.26 bits per heavy atom. The standard InChI is InChI=1S/C15H17ClN2O9/c1-6(19)24-5-10-11(25-7(2)20)12(26-8(3)21)14(27-10)18-4-9(16)13(22)17-15(18)23/h4,10-12,14H,5H2,1-3H3,(H,17,22,23)/t10-,11+,12-,14-/m1/s1. The second kappa shape index (κ2) is 8.35. The topological polar surface area (TPSA) is 143 Å². The smallest absolute Gasteiger partial charge is 0.330 e. The number of aromatic nitrogens is 2. The van der Waals surface area contributed by atoms with Crippen LogP contribution in [-0.2, 0) is 33.3 Å². The van der Waals surface area contributed by atoms with Gasteiger partial charge in [-0.3, -0.25) is 28.7 Å². The number of nitrogens with zero attached hydrogens (tertiary/aromatic N) is 1. The van der Waals surface area contributed by atoms with Crippen molar-refractivity contribution in [1.82, 2.24) is 9.55 Å². The SMILES string of the molecule is CC(=O)OC[C@H]1O[C@@H](n2cc(Cl)c(=O)[nH]c2=O)[C@H](OC(C)=O)[C@H]1OC(C)=O. The van der Waals surface area contributed by atoms with E-state index in [9.17, 15) is 24.0 Å². The van der Waals surface area contributed by atoms with Gasteiger partial charge in [0.25, 0.3) is 5.56 Å². The molecule has 11 nitrogen and oxygen atoms in total. The Morgan fingerprint density at radius 1 is 1.11 bits per heavy atom. The van der Waals surface area contributed by atoms with Gasteiger partial charge in [-0.1, -0.05) is 11.6 Å². The molecule has 2 rings (SSSR count). The van der Waals surface area contributed by atoms with Crippen LogP contribution in [0.15, 0.2) is 15.8 Å². The average Bonchev–Trinajstić information content (AvgIpc) is 2.85. The lowest BCUT2D eigenvalue weighted by molar-refractivity contribution is -0.166. The van der Waals surface area contributed by atoms with Crippen LogP contribution in [0.2, 0.25) is 5.02 Å². The van der Waals surface area contributed by atoms with Gasteiger partial charge in [-0.05, 0) is 0 Å². The number of nitrogens with one attached hydrogen (secondary N) is 1. The molecule has 0 aromatic carbocycles. The number of H-pyrrole nitrogens is 1. The maximum atomic E-state index is 12.1. The van der Waals surface area contributed by atoms with Gasteiger partial charge in [0.05, 0.1) is 0 Å². The molecule has 148 valence electrons. The zero-order chi connectivity index (χ0) is 20.3. The number of hydrogen-bond donors (Lipinski definition) is 1. The highest BCUT2D eigenvalue weighted by Crippen LogP contribution is 2.33. The Morgan fingerprint density at radius 2 is 1.70 bits per heavy atom. The van der Waals surface area contributed by atoms with Gasteiger partial charge in [0.15, 0.2) is 18.4 Å². The molecule has 4 atom stereocenters. The summed E-state index contributed by atoms with van der Waals surface area (Å²) in [6.07, 6.45) is -3.76. The summed E-state index contributed by atoms with van der Waals surface area (Å²) >= 11 is 5.76. The third-order valence-electron chi connectivity index (χ3n) is 3.54. The first kappa shape index (κ1) is 20.6. The predicted octanol–water partition coefficient (Wildman–Crippen LogP) is -0.486. The van der Waals surface area contributed by atoms with Gasteiger partial charge in [0.2, 0.25) is 0 Å². The first-order chi connectivity index (χ1) is 12.6. The third-order valence-corrected chi connectivity index (χ3v) is 3.81. The summed E-state index contributed by atoms with van der Waals surface area (Å²) < 4.78 is 21.8. The van der Waals surface area contributed by atoms with Crippen molar-refractivity contribution < 1.29 is 33.3 Å². The lowest BCUT2D eigenvalue weighted by Crippen LogP contribution is -2.42. The molecule has 0 unspecified atom stereocenters. The fourth-order valence-corrected chi connectivity index (χ4v) is 2.72. The van der Waals surface area contributed by atoms with Crippen molar-refractivity contribution in [3.63, 3.8) is 0 Å². The van der Waals surface area contributed by atoms with E-state index in [1.165, 1.54) is 6.92 Å². The van der Waals surface area contributed by atoms with Crippen molar-refractivity contribution in [2.75, 3.05) is 6.61 Å². The number of hydrogen-bond acceptors (Lipinski definition) is 9. The van der Waals surface area contributed by atoms with Crippen molar-refractivity contribution >= 4 is 29.5 Å². The summed E-state index contributed by atoms with van der Waals surface area (Å²) in [5.41, 5.74) is -1.70.